The molecule has 3 rings (SSSR count). The third-order valence-corrected chi connectivity index (χ3v) is 5.89. The standard InChI is InChI=1S/C23H27N5O2S.HI/c1-5-30-22(29)20-15(2)27-21(31-20)16(3)28-23(24-4)26-14-17-9-8-10-18(13-17)19-11-6-7-12-25-19;/h6-13,16H,5,14H2,1-4H3,(H2,24,26,28);1H. The Bertz CT molecular complexity index is 1060. The van der Waals surface area contributed by atoms with Gasteiger partial charge in [0.2, 0.25) is 0 Å². The number of carbonyl (C=O) groups is 1. The zero-order chi connectivity index (χ0) is 22.2. The molecule has 7 nitrogen and oxygen atoms in total. The van der Waals surface area contributed by atoms with Gasteiger partial charge in [0.05, 0.1) is 24.0 Å². The normalized spacial score (nSPS) is 11.9. The number of aryl methyl sites for hydroxylation is 1. The second-order valence-electron chi connectivity index (χ2n) is 6.89. The van der Waals surface area contributed by atoms with Gasteiger partial charge < -0.3 is 15.4 Å². The van der Waals surface area contributed by atoms with Crippen LogP contribution in [0.1, 0.15) is 45.8 Å². The predicted molar refractivity (Wildman–Crippen MR) is 140 cm³/mol. The summed E-state index contributed by atoms with van der Waals surface area (Å²) in [7, 11) is 1.73. The maximum absolute atomic E-state index is 12.1. The average molecular weight is 565 g/mol. The number of guanidine groups is 1. The molecule has 0 fully saturated rings. The Morgan fingerprint density at radius 1 is 1.25 bits per heavy atom. The third-order valence-electron chi connectivity index (χ3n) is 4.57. The van der Waals surface area contributed by atoms with E-state index in [1.54, 1.807) is 20.2 Å². The Kier molecular flexibility index (Phi) is 10.0. The minimum atomic E-state index is -0.328. The lowest BCUT2D eigenvalue weighted by molar-refractivity contribution is 0.0531. The Hall–Kier alpha value is -2.53. The summed E-state index contributed by atoms with van der Waals surface area (Å²) in [4.78, 5) is 25.9. The largest absolute Gasteiger partial charge is 0.462 e. The lowest BCUT2D eigenvalue weighted by Gasteiger charge is -2.16. The van der Waals surface area contributed by atoms with Gasteiger partial charge in [-0.25, -0.2) is 9.78 Å². The van der Waals surface area contributed by atoms with Crippen LogP contribution in [0.3, 0.4) is 0 Å². The Morgan fingerprint density at radius 2 is 2.06 bits per heavy atom. The number of esters is 1. The summed E-state index contributed by atoms with van der Waals surface area (Å²) in [6, 6.07) is 14.0. The highest BCUT2D eigenvalue weighted by atomic mass is 127. The summed E-state index contributed by atoms with van der Waals surface area (Å²) < 4.78 is 5.10. The Morgan fingerprint density at radius 3 is 2.75 bits per heavy atom. The summed E-state index contributed by atoms with van der Waals surface area (Å²) in [6.45, 7) is 6.55. The van der Waals surface area contributed by atoms with Crippen molar-refractivity contribution in [2.24, 2.45) is 4.99 Å². The van der Waals surface area contributed by atoms with Gasteiger partial charge in [0.15, 0.2) is 5.96 Å². The van der Waals surface area contributed by atoms with Crippen molar-refractivity contribution in [2.45, 2.75) is 33.4 Å². The first-order chi connectivity index (χ1) is 15.0. The van der Waals surface area contributed by atoms with Gasteiger partial charge in [0, 0.05) is 25.4 Å². The molecule has 9 heteroatoms. The Balaban J connectivity index is 0.00000363. The molecule has 1 aromatic carbocycles. The number of halogens is 1. The molecular formula is C23H28IN5O2S. The molecule has 0 radical (unpaired) electrons. The van der Waals surface area contributed by atoms with Gasteiger partial charge in [-0.15, -0.1) is 35.3 Å². The first-order valence-corrected chi connectivity index (χ1v) is 11.0. The van der Waals surface area contributed by atoms with Crippen molar-refractivity contribution in [3.8, 4) is 11.3 Å². The zero-order valence-electron chi connectivity index (χ0n) is 18.6. The second kappa shape index (κ2) is 12.5. The zero-order valence-corrected chi connectivity index (χ0v) is 21.7. The van der Waals surface area contributed by atoms with Gasteiger partial charge in [0.25, 0.3) is 0 Å². The van der Waals surface area contributed by atoms with Crippen LogP contribution in [0.5, 0.6) is 0 Å². The number of aromatic nitrogens is 2. The van der Waals surface area contributed by atoms with Crippen molar-refractivity contribution in [2.75, 3.05) is 13.7 Å². The molecular weight excluding hydrogens is 537 g/mol. The fourth-order valence-electron chi connectivity index (χ4n) is 3.01. The number of benzene rings is 1. The molecule has 170 valence electrons. The number of thiazole rings is 1. The summed E-state index contributed by atoms with van der Waals surface area (Å²) >= 11 is 1.34. The van der Waals surface area contributed by atoms with E-state index in [9.17, 15) is 4.79 Å². The monoisotopic (exact) mass is 565 g/mol. The average Bonchev–Trinajstić information content (AvgIpc) is 3.19. The molecule has 0 spiro atoms. The Labute approximate surface area is 209 Å². The lowest BCUT2D eigenvalue weighted by Crippen LogP contribution is -2.38. The van der Waals surface area contributed by atoms with Crippen molar-refractivity contribution in [1.82, 2.24) is 20.6 Å². The molecule has 0 aliphatic carbocycles. The highest BCUT2D eigenvalue weighted by molar-refractivity contribution is 14.0. The highest BCUT2D eigenvalue weighted by Crippen LogP contribution is 2.24. The fraction of sp³-hybridized carbons (Fsp3) is 0.304. The van der Waals surface area contributed by atoms with Gasteiger partial charge in [-0.05, 0) is 44.5 Å². The van der Waals surface area contributed by atoms with Gasteiger partial charge in [-0.2, -0.15) is 0 Å². The fourth-order valence-corrected chi connectivity index (χ4v) is 3.97. The number of rotatable bonds is 7. The van der Waals surface area contributed by atoms with Gasteiger partial charge in [0.1, 0.15) is 9.88 Å². The first-order valence-electron chi connectivity index (χ1n) is 10.1. The number of aliphatic imine (C=N–C) groups is 1. The van der Waals surface area contributed by atoms with Gasteiger partial charge in [-0.3, -0.25) is 9.98 Å². The number of nitrogens with zero attached hydrogens (tertiary/aromatic N) is 3. The topological polar surface area (TPSA) is 88.5 Å². The number of nitrogens with one attached hydrogen (secondary N) is 2. The molecule has 0 aliphatic heterocycles. The lowest BCUT2D eigenvalue weighted by atomic mass is 10.1. The van der Waals surface area contributed by atoms with Crippen LogP contribution in [0.15, 0.2) is 53.7 Å². The van der Waals surface area contributed by atoms with Crippen LogP contribution >= 0.6 is 35.3 Å². The molecule has 0 bridgehead atoms. The molecule has 0 amide bonds. The predicted octanol–water partition coefficient (Wildman–Crippen LogP) is 4.73. The van der Waals surface area contributed by atoms with Crippen LogP contribution in [0, 0.1) is 6.92 Å². The number of ether oxygens (including phenoxy) is 1. The maximum atomic E-state index is 12.1. The van der Waals surface area contributed by atoms with Crippen LogP contribution in [-0.2, 0) is 11.3 Å². The van der Waals surface area contributed by atoms with Gasteiger partial charge >= 0.3 is 5.97 Å². The number of pyridine rings is 1. The van der Waals surface area contributed by atoms with E-state index in [0.717, 1.165) is 21.8 Å². The molecule has 0 aliphatic rings. The van der Waals surface area contributed by atoms with E-state index in [2.05, 4.69) is 37.7 Å². The second-order valence-corrected chi connectivity index (χ2v) is 7.92. The number of hydrogen-bond donors (Lipinski definition) is 2. The number of carbonyl (C=O) groups excluding carboxylic acids is 1. The smallest absolute Gasteiger partial charge is 0.350 e. The van der Waals surface area contributed by atoms with Crippen LogP contribution < -0.4 is 10.6 Å². The van der Waals surface area contributed by atoms with E-state index in [0.29, 0.717) is 29.7 Å². The summed E-state index contributed by atoms with van der Waals surface area (Å²) in [5.74, 6) is 0.326. The van der Waals surface area contributed by atoms with E-state index < -0.39 is 0 Å². The molecule has 2 heterocycles. The van der Waals surface area contributed by atoms with Crippen molar-refractivity contribution in [1.29, 1.82) is 0 Å². The third kappa shape index (κ3) is 6.73. The van der Waals surface area contributed by atoms with Crippen LogP contribution in [0.25, 0.3) is 11.3 Å². The first kappa shape index (κ1) is 25.7. The summed E-state index contributed by atoms with van der Waals surface area (Å²) in [5, 5.41) is 7.47. The molecule has 2 aromatic heterocycles. The van der Waals surface area contributed by atoms with Crippen molar-refractivity contribution < 1.29 is 9.53 Å². The number of hydrogen-bond acceptors (Lipinski definition) is 6. The van der Waals surface area contributed by atoms with Crippen molar-refractivity contribution in [3.63, 3.8) is 0 Å². The maximum Gasteiger partial charge on any atom is 0.350 e. The van der Waals surface area contributed by atoms with Crippen molar-refractivity contribution >= 4 is 47.2 Å². The minimum absolute atomic E-state index is 0. The van der Waals surface area contributed by atoms with E-state index in [4.69, 9.17) is 4.74 Å². The van der Waals surface area contributed by atoms with Crippen LogP contribution in [-0.4, -0.2) is 35.6 Å². The van der Waals surface area contributed by atoms with Crippen LogP contribution in [0.4, 0.5) is 0 Å². The highest BCUT2D eigenvalue weighted by Gasteiger charge is 2.20. The van der Waals surface area contributed by atoms with E-state index >= 15 is 0 Å². The summed E-state index contributed by atoms with van der Waals surface area (Å²) in [6.07, 6.45) is 1.79. The minimum Gasteiger partial charge on any atom is -0.462 e. The molecule has 3 aromatic rings. The van der Waals surface area contributed by atoms with E-state index in [1.807, 2.05) is 44.2 Å². The van der Waals surface area contributed by atoms with Gasteiger partial charge in [-0.1, -0.05) is 24.3 Å². The van der Waals surface area contributed by atoms with E-state index in [-0.39, 0.29) is 36.0 Å². The molecule has 2 N–H and O–H groups in total. The molecule has 0 saturated heterocycles. The quantitative estimate of drug-likeness (QED) is 0.186. The molecule has 1 unspecified atom stereocenters. The summed E-state index contributed by atoms with van der Waals surface area (Å²) in [5.41, 5.74) is 3.81. The van der Waals surface area contributed by atoms with E-state index in [1.165, 1.54) is 11.3 Å². The van der Waals surface area contributed by atoms with Crippen LogP contribution in [0.2, 0.25) is 0 Å². The SMILES string of the molecule is CCOC(=O)c1sc(C(C)NC(=NC)NCc2cccc(-c3ccccn3)c2)nc1C.I. The van der Waals surface area contributed by atoms with Crippen molar-refractivity contribution in [3.05, 3.63) is 69.8 Å². The molecule has 1 atom stereocenters. The molecule has 32 heavy (non-hydrogen) atoms. The molecule has 0 saturated carbocycles.